The second-order valence-corrected chi connectivity index (χ2v) is 5.53. The Bertz CT molecular complexity index is 393. The molecule has 1 aromatic rings. The minimum atomic E-state index is 0. The van der Waals surface area contributed by atoms with E-state index >= 15 is 0 Å². The molecule has 0 saturated carbocycles. The topological polar surface area (TPSA) is 49.3 Å². The maximum atomic E-state index is 4.58. The molecule has 1 aromatic heterocycles. The maximum absolute atomic E-state index is 4.58. The monoisotopic (exact) mass is 404 g/mol. The van der Waals surface area contributed by atoms with Gasteiger partial charge in [-0.25, -0.2) is 4.99 Å². The van der Waals surface area contributed by atoms with Crippen molar-refractivity contribution < 1.29 is 0 Å². The number of halogens is 1. The average Bonchev–Trinajstić information content (AvgIpc) is 2.44. The fourth-order valence-electron chi connectivity index (χ4n) is 1.86. The van der Waals surface area contributed by atoms with Gasteiger partial charge in [0.2, 0.25) is 0 Å². The molecule has 0 bridgehead atoms. The lowest BCUT2D eigenvalue weighted by atomic mass is 10.0. The number of hydrogen-bond donors (Lipinski definition) is 2. The summed E-state index contributed by atoms with van der Waals surface area (Å²) >= 11 is 0. The Kier molecular flexibility index (Phi) is 11.3. The zero-order chi connectivity index (χ0) is 14.8. The molecule has 0 amide bonds. The number of nitrogens with one attached hydrogen (secondary N) is 2. The quantitative estimate of drug-likeness (QED) is 0.415. The molecule has 2 N–H and O–H groups in total. The van der Waals surface area contributed by atoms with Gasteiger partial charge in [0.25, 0.3) is 0 Å². The molecule has 1 rings (SSSR count). The Labute approximate surface area is 146 Å². The molecule has 0 aliphatic heterocycles. The van der Waals surface area contributed by atoms with Gasteiger partial charge in [-0.1, -0.05) is 19.9 Å². The van der Waals surface area contributed by atoms with E-state index < -0.39 is 0 Å². The van der Waals surface area contributed by atoms with Crippen LogP contribution in [0.5, 0.6) is 0 Å². The number of hydrogen-bond acceptors (Lipinski definition) is 2. The molecule has 0 aromatic carbocycles. The van der Waals surface area contributed by atoms with Crippen molar-refractivity contribution in [1.82, 2.24) is 15.6 Å². The number of guanidine groups is 1. The highest BCUT2D eigenvalue weighted by Gasteiger charge is 2.06. The van der Waals surface area contributed by atoms with Gasteiger partial charge >= 0.3 is 0 Å². The van der Waals surface area contributed by atoms with E-state index in [9.17, 15) is 0 Å². The molecule has 21 heavy (non-hydrogen) atoms. The molecule has 0 saturated heterocycles. The minimum absolute atomic E-state index is 0. The van der Waals surface area contributed by atoms with Crippen LogP contribution in [0.1, 0.15) is 46.2 Å². The summed E-state index contributed by atoms with van der Waals surface area (Å²) in [5, 5.41) is 6.74. The molecule has 1 atom stereocenters. The van der Waals surface area contributed by atoms with Crippen molar-refractivity contribution in [1.29, 1.82) is 0 Å². The summed E-state index contributed by atoms with van der Waals surface area (Å²) in [6, 6.07) is 6.34. The zero-order valence-corrected chi connectivity index (χ0v) is 15.9. The number of aromatic nitrogens is 1. The van der Waals surface area contributed by atoms with Gasteiger partial charge in [0.05, 0.1) is 12.2 Å². The van der Waals surface area contributed by atoms with E-state index in [2.05, 4.69) is 48.3 Å². The van der Waals surface area contributed by atoms with Crippen molar-refractivity contribution in [3.05, 3.63) is 30.1 Å². The smallest absolute Gasteiger partial charge is 0.191 e. The van der Waals surface area contributed by atoms with Crippen LogP contribution >= 0.6 is 24.0 Å². The SMILES string of the molecule is CCNC(=NCc1ccccn1)NC(C)CCC(C)C.I. The number of pyridine rings is 1. The Balaban J connectivity index is 0.00000400. The second kappa shape index (κ2) is 11.8. The van der Waals surface area contributed by atoms with Crippen LogP contribution in [0, 0.1) is 5.92 Å². The van der Waals surface area contributed by atoms with Gasteiger partial charge in [-0.3, -0.25) is 4.98 Å². The Morgan fingerprint density at radius 2 is 2.00 bits per heavy atom. The van der Waals surface area contributed by atoms with Gasteiger partial charge in [0.1, 0.15) is 0 Å². The summed E-state index contributed by atoms with van der Waals surface area (Å²) in [4.78, 5) is 8.87. The highest BCUT2D eigenvalue weighted by molar-refractivity contribution is 14.0. The molecule has 5 heteroatoms. The van der Waals surface area contributed by atoms with Gasteiger partial charge in [-0.15, -0.1) is 24.0 Å². The fourth-order valence-corrected chi connectivity index (χ4v) is 1.86. The molecule has 0 fully saturated rings. The van der Waals surface area contributed by atoms with Gasteiger partial charge in [0, 0.05) is 18.8 Å². The third-order valence-electron chi connectivity index (χ3n) is 3.03. The summed E-state index contributed by atoms with van der Waals surface area (Å²) in [5.41, 5.74) is 0.986. The molecule has 1 unspecified atom stereocenters. The van der Waals surface area contributed by atoms with Crippen LogP contribution < -0.4 is 10.6 Å². The highest BCUT2D eigenvalue weighted by atomic mass is 127. The minimum Gasteiger partial charge on any atom is -0.357 e. The van der Waals surface area contributed by atoms with Crippen molar-refractivity contribution in [2.24, 2.45) is 10.9 Å². The van der Waals surface area contributed by atoms with Crippen LogP contribution in [0.15, 0.2) is 29.4 Å². The van der Waals surface area contributed by atoms with Crippen molar-refractivity contribution in [2.75, 3.05) is 6.54 Å². The molecular weight excluding hydrogens is 375 g/mol. The van der Waals surface area contributed by atoms with Gasteiger partial charge in [-0.05, 0) is 44.7 Å². The molecular formula is C16H29IN4. The van der Waals surface area contributed by atoms with E-state index in [0.717, 1.165) is 30.5 Å². The van der Waals surface area contributed by atoms with Crippen molar-refractivity contribution in [3.63, 3.8) is 0 Å². The zero-order valence-electron chi connectivity index (χ0n) is 13.6. The van der Waals surface area contributed by atoms with Crippen LogP contribution in [0.4, 0.5) is 0 Å². The molecule has 120 valence electrons. The first-order valence-electron chi connectivity index (χ1n) is 7.56. The third-order valence-corrected chi connectivity index (χ3v) is 3.03. The van der Waals surface area contributed by atoms with Crippen LogP contribution in [-0.2, 0) is 6.54 Å². The molecule has 4 nitrogen and oxygen atoms in total. The van der Waals surface area contributed by atoms with E-state index in [0.29, 0.717) is 12.6 Å². The normalized spacial score (nSPS) is 12.7. The van der Waals surface area contributed by atoms with E-state index in [1.807, 2.05) is 18.2 Å². The summed E-state index contributed by atoms with van der Waals surface area (Å²) in [7, 11) is 0. The van der Waals surface area contributed by atoms with Crippen LogP contribution in [0.3, 0.4) is 0 Å². The molecule has 0 aliphatic rings. The average molecular weight is 404 g/mol. The second-order valence-electron chi connectivity index (χ2n) is 5.53. The van der Waals surface area contributed by atoms with Crippen molar-refractivity contribution in [2.45, 2.75) is 53.1 Å². The predicted octanol–water partition coefficient (Wildman–Crippen LogP) is 3.58. The first-order valence-corrected chi connectivity index (χ1v) is 7.56. The lowest BCUT2D eigenvalue weighted by Gasteiger charge is -2.18. The standard InChI is InChI=1S/C16H28N4.HI/c1-5-17-16(20-14(4)10-9-13(2)3)19-12-15-8-6-7-11-18-15;/h6-8,11,13-14H,5,9-10,12H2,1-4H3,(H2,17,19,20);1H. The first-order chi connectivity index (χ1) is 9.61. The summed E-state index contributed by atoms with van der Waals surface area (Å²) in [5.74, 6) is 1.61. The van der Waals surface area contributed by atoms with E-state index in [1.54, 1.807) is 6.20 Å². The largest absolute Gasteiger partial charge is 0.357 e. The lowest BCUT2D eigenvalue weighted by Crippen LogP contribution is -2.42. The number of rotatable bonds is 7. The number of aliphatic imine (C=N–C) groups is 1. The van der Waals surface area contributed by atoms with E-state index in [-0.39, 0.29) is 24.0 Å². The van der Waals surface area contributed by atoms with Crippen LogP contribution in [0.25, 0.3) is 0 Å². The summed E-state index contributed by atoms with van der Waals surface area (Å²) < 4.78 is 0. The summed E-state index contributed by atoms with van der Waals surface area (Å²) in [6.07, 6.45) is 4.19. The number of nitrogens with zero attached hydrogens (tertiary/aromatic N) is 2. The predicted molar refractivity (Wildman–Crippen MR) is 101 cm³/mol. The van der Waals surface area contributed by atoms with Crippen molar-refractivity contribution in [3.8, 4) is 0 Å². The van der Waals surface area contributed by atoms with Crippen LogP contribution in [0.2, 0.25) is 0 Å². The van der Waals surface area contributed by atoms with Gasteiger partial charge in [-0.2, -0.15) is 0 Å². The third kappa shape index (κ3) is 9.66. The summed E-state index contributed by atoms with van der Waals surface area (Å²) in [6.45, 7) is 10.3. The Hall–Kier alpha value is -0.850. The lowest BCUT2D eigenvalue weighted by molar-refractivity contribution is 0.489. The van der Waals surface area contributed by atoms with Gasteiger partial charge in [0.15, 0.2) is 5.96 Å². The first kappa shape index (κ1) is 20.1. The highest BCUT2D eigenvalue weighted by Crippen LogP contribution is 2.06. The molecule has 0 aliphatic carbocycles. The van der Waals surface area contributed by atoms with Crippen molar-refractivity contribution >= 4 is 29.9 Å². The molecule has 1 heterocycles. The van der Waals surface area contributed by atoms with E-state index in [1.165, 1.54) is 6.42 Å². The Morgan fingerprint density at radius 1 is 1.24 bits per heavy atom. The maximum Gasteiger partial charge on any atom is 0.191 e. The fraction of sp³-hybridized carbons (Fsp3) is 0.625. The van der Waals surface area contributed by atoms with Gasteiger partial charge < -0.3 is 10.6 Å². The Morgan fingerprint density at radius 3 is 2.57 bits per heavy atom. The van der Waals surface area contributed by atoms with E-state index in [4.69, 9.17) is 0 Å². The molecule has 0 spiro atoms. The van der Waals surface area contributed by atoms with Crippen LogP contribution in [-0.4, -0.2) is 23.5 Å². The molecule has 0 radical (unpaired) electrons.